The Balaban J connectivity index is 1.43. The van der Waals surface area contributed by atoms with Gasteiger partial charge in [-0.2, -0.15) is 0 Å². The Kier molecular flexibility index (Phi) is 3.82. The lowest BCUT2D eigenvalue weighted by atomic mass is 10.1. The number of amides is 1. The number of carbonyl (C=O) groups is 1. The third-order valence-electron chi connectivity index (χ3n) is 4.10. The SMILES string of the molecule is O=C(CNC1CCOC1C1CC1)N1CCOCC1. The summed E-state index contributed by atoms with van der Waals surface area (Å²) in [5, 5.41) is 3.39. The zero-order valence-corrected chi connectivity index (χ0v) is 10.8. The minimum absolute atomic E-state index is 0.194. The van der Waals surface area contributed by atoms with Crippen LogP contribution >= 0.6 is 0 Å². The first-order valence-electron chi connectivity index (χ1n) is 7.05. The van der Waals surface area contributed by atoms with Gasteiger partial charge in [-0.15, -0.1) is 0 Å². The van der Waals surface area contributed by atoms with E-state index in [0.29, 0.717) is 31.9 Å². The number of hydrogen-bond acceptors (Lipinski definition) is 4. The molecule has 0 radical (unpaired) electrons. The second kappa shape index (κ2) is 5.55. The van der Waals surface area contributed by atoms with Crippen LogP contribution in [0.2, 0.25) is 0 Å². The Hall–Kier alpha value is -0.650. The molecule has 1 N–H and O–H groups in total. The summed E-state index contributed by atoms with van der Waals surface area (Å²) in [6.07, 6.45) is 3.97. The first-order valence-corrected chi connectivity index (χ1v) is 7.05. The smallest absolute Gasteiger partial charge is 0.236 e. The van der Waals surface area contributed by atoms with Crippen LogP contribution in [-0.4, -0.2) is 62.4 Å². The zero-order valence-electron chi connectivity index (χ0n) is 10.8. The second-order valence-corrected chi connectivity index (χ2v) is 5.44. The van der Waals surface area contributed by atoms with Crippen molar-refractivity contribution in [3.63, 3.8) is 0 Å². The molecule has 3 fully saturated rings. The number of nitrogens with zero attached hydrogens (tertiary/aromatic N) is 1. The largest absolute Gasteiger partial charge is 0.378 e. The van der Waals surface area contributed by atoms with Crippen molar-refractivity contribution in [1.29, 1.82) is 0 Å². The highest BCUT2D eigenvalue weighted by Crippen LogP contribution is 2.38. The van der Waals surface area contributed by atoms with Gasteiger partial charge in [-0.1, -0.05) is 0 Å². The second-order valence-electron chi connectivity index (χ2n) is 5.44. The van der Waals surface area contributed by atoms with Gasteiger partial charge in [0.15, 0.2) is 0 Å². The van der Waals surface area contributed by atoms with E-state index in [0.717, 1.165) is 32.0 Å². The Morgan fingerprint density at radius 3 is 2.67 bits per heavy atom. The molecule has 0 bridgehead atoms. The van der Waals surface area contributed by atoms with Gasteiger partial charge in [0.05, 0.1) is 25.9 Å². The normalized spacial score (nSPS) is 32.8. The fraction of sp³-hybridized carbons (Fsp3) is 0.923. The lowest BCUT2D eigenvalue weighted by Gasteiger charge is -2.28. The molecule has 1 aliphatic carbocycles. The molecule has 1 amide bonds. The lowest BCUT2D eigenvalue weighted by Crippen LogP contribution is -2.48. The van der Waals surface area contributed by atoms with E-state index in [-0.39, 0.29) is 5.91 Å². The van der Waals surface area contributed by atoms with E-state index in [1.807, 2.05) is 4.90 Å². The van der Waals surface area contributed by atoms with Gasteiger partial charge >= 0.3 is 0 Å². The van der Waals surface area contributed by atoms with Crippen LogP contribution in [-0.2, 0) is 14.3 Å². The summed E-state index contributed by atoms with van der Waals surface area (Å²) in [5.74, 6) is 0.934. The third kappa shape index (κ3) is 2.84. The zero-order chi connectivity index (χ0) is 12.4. The molecule has 0 aromatic rings. The summed E-state index contributed by atoms with van der Waals surface area (Å²) in [7, 11) is 0. The van der Waals surface area contributed by atoms with E-state index in [4.69, 9.17) is 9.47 Å². The molecule has 2 atom stereocenters. The van der Waals surface area contributed by atoms with E-state index in [2.05, 4.69) is 5.32 Å². The first-order chi connectivity index (χ1) is 8.84. The van der Waals surface area contributed by atoms with E-state index >= 15 is 0 Å². The average molecular weight is 254 g/mol. The molecular weight excluding hydrogens is 232 g/mol. The number of rotatable bonds is 4. The topological polar surface area (TPSA) is 50.8 Å². The highest BCUT2D eigenvalue weighted by molar-refractivity contribution is 5.78. The summed E-state index contributed by atoms with van der Waals surface area (Å²) in [6.45, 7) is 4.08. The van der Waals surface area contributed by atoms with Crippen LogP contribution < -0.4 is 5.32 Å². The van der Waals surface area contributed by atoms with Gasteiger partial charge in [-0.3, -0.25) is 4.79 Å². The van der Waals surface area contributed by atoms with Crippen molar-refractivity contribution in [3.05, 3.63) is 0 Å². The molecular formula is C13H22N2O3. The number of nitrogens with one attached hydrogen (secondary N) is 1. The molecule has 3 aliphatic rings. The van der Waals surface area contributed by atoms with Gasteiger partial charge in [0, 0.05) is 25.7 Å². The molecule has 5 nitrogen and oxygen atoms in total. The fourth-order valence-corrected chi connectivity index (χ4v) is 2.86. The van der Waals surface area contributed by atoms with Crippen LogP contribution in [0.4, 0.5) is 0 Å². The Morgan fingerprint density at radius 1 is 1.17 bits per heavy atom. The molecule has 5 heteroatoms. The summed E-state index contributed by atoms with van der Waals surface area (Å²) in [6, 6.07) is 0.377. The first kappa shape index (κ1) is 12.4. The Morgan fingerprint density at radius 2 is 1.94 bits per heavy atom. The van der Waals surface area contributed by atoms with Crippen LogP contribution in [0.15, 0.2) is 0 Å². The minimum Gasteiger partial charge on any atom is -0.378 e. The van der Waals surface area contributed by atoms with Gasteiger partial charge < -0.3 is 19.7 Å². The maximum absolute atomic E-state index is 12.0. The lowest BCUT2D eigenvalue weighted by molar-refractivity contribution is -0.134. The van der Waals surface area contributed by atoms with Crippen LogP contribution in [0.1, 0.15) is 19.3 Å². The van der Waals surface area contributed by atoms with Crippen molar-refractivity contribution in [1.82, 2.24) is 10.2 Å². The van der Waals surface area contributed by atoms with Gasteiger partial charge in [0.2, 0.25) is 5.91 Å². The molecule has 0 aromatic carbocycles. The van der Waals surface area contributed by atoms with E-state index in [1.54, 1.807) is 0 Å². The van der Waals surface area contributed by atoms with Crippen LogP contribution in [0.5, 0.6) is 0 Å². The van der Waals surface area contributed by atoms with Gasteiger partial charge in [-0.25, -0.2) is 0 Å². The molecule has 3 rings (SSSR count). The molecule has 0 aromatic heterocycles. The predicted molar refractivity (Wildman–Crippen MR) is 66.3 cm³/mol. The molecule has 18 heavy (non-hydrogen) atoms. The standard InChI is InChI=1S/C13H22N2O3/c16-12(15-4-7-17-8-5-15)9-14-11-3-6-18-13(11)10-1-2-10/h10-11,13-14H,1-9H2. The Bertz CT molecular complexity index is 301. The molecule has 1 saturated carbocycles. The van der Waals surface area contributed by atoms with Gasteiger partial charge in [0.25, 0.3) is 0 Å². The third-order valence-corrected chi connectivity index (χ3v) is 4.10. The number of carbonyl (C=O) groups excluding carboxylic acids is 1. The van der Waals surface area contributed by atoms with Crippen molar-refractivity contribution in [3.8, 4) is 0 Å². The molecule has 2 unspecified atom stereocenters. The van der Waals surface area contributed by atoms with Crippen molar-refractivity contribution < 1.29 is 14.3 Å². The average Bonchev–Trinajstić information content (AvgIpc) is 3.16. The predicted octanol–water partition coefficient (Wildman–Crippen LogP) is 0.00230. The fourth-order valence-electron chi connectivity index (χ4n) is 2.86. The van der Waals surface area contributed by atoms with Crippen molar-refractivity contribution in [2.45, 2.75) is 31.4 Å². The van der Waals surface area contributed by atoms with Crippen molar-refractivity contribution in [2.24, 2.45) is 5.92 Å². The number of morpholine rings is 1. The van der Waals surface area contributed by atoms with E-state index in [1.165, 1.54) is 12.8 Å². The summed E-state index contributed by atoms with van der Waals surface area (Å²) < 4.78 is 11.0. The van der Waals surface area contributed by atoms with Crippen molar-refractivity contribution in [2.75, 3.05) is 39.5 Å². The van der Waals surface area contributed by atoms with Crippen LogP contribution in [0.25, 0.3) is 0 Å². The summed E-state index contributed by atoms with van der Waals surface area (Å²) in [4.78, 5) is 13.9. The molecule has 2 saturated heterocycles. The molecule has 0 spiro atoms. The molecule has 2 heterocycles. The minimum atomic E-state index is 0.194. The highest BCUT2D eigenvalue weighted by atomic mass is 16.5. The quantitative estimate of drug-likeness (QED) is 0.767. The summed E-state index contributed by atoms with van der Waals surface area (Å²) >= 11 is 0. The molecule has 102 valence electrons. The van der Waals surface area contributed by atoms with Crippen molar-refractivity contribution >= 4 is 5.91 Å². The Labute approximate surface area is 108 Å². The van der Waals surface area contributed by atoms with Gasteiger partial charge in [-0.05, 0) is 25.2 Å². The monoisotopic (exact) mass is 254 g/mol. The van der Waals surface area contributed by atoms with E-state index < -0.39 is 0 Å². The maximum Gasteiger partial charge on any atom is 0.236 e. The summed E-state index contributed by atoms with van der Waals surface area (Å²) in [5.41, 5.74) is 0. The van der Waals surface area contributed by atoms with E-state index in [9.17, 15) is 4.79 Å². The number of hydrogen-bond donors (Lipinski definition) is 1. The van der Waals surface area contributed by atoms with Crippen LogP contribution in [0, 0.1) is 5.92 Å². The maximum atomic E-state index is 12.0. The number of ether oxygens (including phenoxy) is 2. The van der Waals surface area contributed by atoms with Gasteiger partial charge in [0.1, 0.15) is 0 Å². The highest BCUT2D eigenvalue weighted by Gasteiger charge is 2.40. The van der Waals surface area contributed by atoms with Crippen LogP contribution in [0.3, 0.4) is 0 Å². The molecule has 2 aliphatic heterocycles.